The van der Waals surface area contributed by atoms with E-state index in [1.54, 1.807) is 39.0 Å². The van der Waals surface area contributed by atoms with Crippen molar-refractivity contribution in [2.75, 3.05) is 49.6 Å². The maximum absolute atomic E-state index is 12.5. The number of aryl methyl sites for hydroxylation is 1. The monoisotopic (exact) mass is 532 g/mol. The standard InChI is InChI=1S/C28H36N8O3/c1-20-14-29-19-33-25(20)35-9-11-36(12-10-35)26-30-15-23(16-31-26)22-8-6-7-21(13-22)18-34(5)24(37)17-32-27(38)39-28(2,3)4/h6-8,13-16,19H,9-12,17-18H2,1-5H3,(H,32,38). The van der Waals surface area contributed by atoms with Gasteiger partial charge in [0.15, 0.2) is 0 Å². The minimum absolute atomic E-state index is 0.132. The molecule has 1 N–H and O–H groups in total. The average molecular weight is 533 g/mol. The fourth-order valence-electron chi connectivity index (χ4n) is 4.28. The molecule has 4 rings (SSSR count). The number of carbonyl (C=O) groups excluding carboxylic acids is 2. The molecule has 206 valence electrons. The number of amides is 2. The maximum atomic E-state index is 12.5. The summed E-state index contributed by atoms with van der Waals surface area (Å²) in [5, 5.41) is 2.51. The Labute approximate surface area is 229 Å². The van der Waals surface area contributed by atoms with Crippen LogP contribution in [-0.2, 0) is 16.1 Å². The molecule has 1 aliphatic rings. The number of alkyl carbamates (subject to hydrolysis) is 1. The zero-order valence-corrected chi connectivity index (χ0v) is 23.2. The number of likely N-dealkylation sites (N-methyl/N-ethyl adjacent to an activating group) is 1. The van der Waals surface area contributed by atoms with E-state index in [-0.39, 0.29) is 12.5 Å². The van der Waals surface area contributed by atoms with Crippen LogP contribution in [0, 0.1) is 6.92 Å². The van der Waals surface area contributed by atoms with E-state index >= 15 is 0 Å². The van der Waals surface area contributed by atoms with E-state index in [1.807, 2.05) is 49.8 Å². The summed E-state index contributed by atoms with van der Waals surface area (Å²) in [7, 11) is 1.70. The van der Waals surface area contributed by atoms with Crippen LogP contribution in [0.4, 0.5) is 16.6 Å². The van der Waals surface area contributed by atoms with Crippen molar-refractivity contribution in [1.29, 1.82) is 0 Å². The zero-order valence-electron chi connectivity index (χ0n) is 23.2. The highest BCUT2D eigenvalue weighted by molar-refractivity contribution is 5.82. The van der Waals surface area contributed by atoms with Crippen LogP contribution in [0.1, 0.15) is 31.9 Å². The highest BCUT2D eigenvalue weighted by atomic mass is 16.6. The van der Waals surface area contributed by atoms with Crippen LogP contribution in [0.2, 0.25) is 0 Å². The first-order valence-corrected chi connectivity index (χ1v) is 13.0. The second kappa shape index (κ2) is 12.1. The molecule has 0 radical (unpaired) electrons. The third-order valence-corrected chi connectivity index (χ3v) is 6.26. The Kier molecular flexibility index (Phi) is 8.58. The van der Waals surface area contributed by atoms with Crippen LogP contribution in [0.25, 0.3) is 11.1 Å². The van der Waals surface area contributed by atoms with Gasteiger partial charge in [-0.3, -0.25) is 4.79 Å². The summed E-state index contributed by atoms with van der Waals surface area (Å²) >= 11 is 0. The largest absolute Gasteiger partial charge is 0.444 e. The molecule has 0 aliphatic carbocycles. The smallest absolute Gasteiger partial charge is 0.408 e. The highest BCUT2D eigenvalue weighted by Gasteiger charge is 2.21. The fraction of sp³-hybridized carbons (Fsp3) is 0.429. The van der Waals surface area contributed by atoms with Crippen LogP contribution < -0.4 is 15.1 Å². The van der Waals surface area contributed by atoms with Crippen molar-refractivity contribution in [1.82, 2.24) is 30.2 Å². The number of piperazine rings is 1. The summed E-state index contributed by atoms with van der Waals surface area (Å²) in [6.45, 7) is 10.9. The number of benzene rings is 1. The van der Waals surface area contributed by atoms with Gasteiger partial charge in [-0.1, -0.05) is 18.2 Å². The lowest BCUT2D eigenvalue weighted by molar-refractivity contribution is -0.129. The zero-order chi connectivity index (χ0) is 28.0. The minimum Gasteiger partial charge on any atom is -0.444 e. The van der Waals surface area contributed by atoms with Gasteiger partial charge in [0.1, 0.15) is 24.3 Å². The second-order valence-electron chi connectivity index (χ2n) is 10.6. The lowest BCUT2D eigenvalue weighted by atomic mass is 10.1. The molecule has 0 spiro atoms. The predicted octanol–water partition coefficient (Wildman–Crippen LogP) is 3.05. The van der Waals surface area contributed by atoms with Crippen molar-refractivity contribution in [2.24, 2.45) is 0 Å². The molecular formula is C28H36N8O3. The summed E-state index contributed by atoms with van der Waals surface area (Å²) in [5.74, 6) is 1.47. The van der Waals surface area contributed by atoms with Crippen molar-refractivity contribution in [3.63, 3.8) is 0 Å². The summed E-state index contributed by atoms with van der Waals surface area (Å²) < 4.78 is 5.18. The quantitative estimate of drug-likeness (QED) is 0.490. The van der Waals surface area contributed by atoms with Gasteiger partial charge >= 0.3 is 6.09 Å². The molecule has 1 aromatic carbocycles. The Morgan fingerprint density at radius 3 is 2.36 bits per heavy atom. The van der Waals surface area contributed by atoms with E-state index < -0.39 is 11.7 Å². The van der Waals surface area contributed by atoms with Gasteiger partial charge in [0.05, 0.1) is 0 Å². The Hall–Kier alpha value is -4.28. The van der Waals surface area contributed by atoms with Crippen LogP contribution in [-0.4, -0.2) is 82.2 Å². The van der Waals surface area contributed by atoms with Gasteiger partial charge in [-0.15, -0.1) is 0 Å². The van der Waals surface area contributed by atoms with Gasteiger partial charge in [-0.25, -0.2) is 24.7 Å². The summed E-state index contributed by atoms with van der Waals surface area (Å²) in [4.78, 5) is 48.1. The van der Waals surface area contributed by atoms with Gasteiger partial charge in [0.2, 0.25) is 11.9 Å². The number of carbonyl (C=O) groups is 2. The number of nitrogens with zero attached hydrogens (tertiary/aromatic N) is 7. The lowest BCUT2D eigenvalue weighted by Crippen LogP contribution is -2.47. The third kappa shape index (κ3) is 7.62. The first kappa shape index (κ1) is 27.7. The number of ether oxygens (including phenoxy) is 1. The van der Waals surface area contributed by atoms with E-state index in [1.165, 1.54) is 0 Å². The fourth-order valence-corrected chi connectivity index (χ4v) is 4.28. The van der Waals surface area contributed by atoms with Crippen molar-refractivity contribution in [3.8, 4) is 11.1 Å². The third-order valence-electron chi connectivity index (χ3n) is 6.26. The van der Waals surface area contributed by atoms with E-state index in [4.69, 9.17) is 4.74 Å². The predicted molar refractivity (Wildman–Crippen MR) is 149 cm³/mol. The second-order valence-corrected chi connectivity index (χ2v) is 10.6. The molecule has 3 heterocycles. The van der Waals surface area contributed by atoms with E-state index in [2.05, 4.69) is 35.1 Å². The molecule has 2 amide bonds. The van der Waals surface area contributed by atoms with Crippen LogP contribution in [0.15, 0.2) is 49.2 Å². The molecule has 39 heavy (non-hydrogen) atoms. The Morgan fingerprint density at radius 2 is 1.69 bits per heavy atom. The molecule has 1 saturated heterocycles. The number of rotatable bonds is 7. The van der Waals surface area contributed by atoms with Gasteiger partial charge in [-0.05, 0) is 44.9 Å². The van der Waals surface area contributed by atoms with E-state index in [9.17, 15) is 9.59 Å². The van der Waals surface area contributed by atoms with E-state index in [0.29, 0.717) is 12.5 Å². The van der Waals surface area contributed by atoms with Crippen LogP contribution in [0.3, 0.4) is 0 Å². The molecule has 11 nitrogen and oxygen atoms in total. The van der Waals surface area contributed by atoms with Crippen molar-refractivity contribution in [3.05, 3.63) is 60.3 Å². The highest BCUT2D eigenvalue weighted by Crippen LogP contribution is 2.23. The topological polar surface area (TPSA) is 117 Å². The Balaban J connectivity index is 1.31. The molecule has 1 fully saturated rings. The number of hydrogen-bond donors (Lipinski definition) is 1. The molecule has 0 saturated carbocycles. The number of nitrogens with one attached hydrogen (secondary N) is 1. The van der Waals surface area contributed by atoms with Crippen molar-refractivity contribution < 1.29 is 14.3 Å². The summed E-state index contributed by atoms with van der Waals surface area (Å²) in [6.07, 6.45) is 6.48. The molecule has 0 atom stereocenters. The molecule has 3 aromatic rings. The summed E-state index contributed by atoms with van der Waals surface area (Å²) in [5.41, 5.74) is 3.28. The normalized spacial score (nSPS) is 13.7. The van der Waals surface area contributed by atoms with Crippen LogP contribution in [0.5, 0.6) is 0 Å². The van der Waals surface area contributed by atoms with Crippen LogP contribution >= 0.6 is 0 Å². The molecule has 11 heteroatoms. The summed E-state index contributed by atoms with van der Waals surface area (Å²) in [6, 6.07) is 7.93. The van der Waals surface area contributed by atoms with Gasteiger partial charge in [0, 0.05) is 69.5 Å². The maximum Gasteiger partial charge on any atom is 0.408 e. The molecule has 1 aliphatic heterocycles. The van der Waals surface area contributed by atoms with E-state index in [0.717, 1.165) is 54.3 Å². The number of anilines is 2. The lowest BCUT2D eigenvalue weighted by Gasteiger charge is -2.35. The minimum atomic E-state index is -0.617. The van der Waals surface area contributed by atoms with Gasteiger partial charge < -0.3 is 24.8 Å². The Morgan fingerprint density at radius 1 is 1.00 bits per heavy atom. The van der Waals surface area contributed by atoms with Gasteiger partial charge in [0.25, 0.3) is 0 Å². The molecular weight excluding hydrogens is 496 g/mol. The first-order chi connectivity index (χ1) is 18.6. The molecule has 0 bridgehead atoms. The Bertz CT molecular complexity index is 1280. The van der Waals surface area contributed by atoms with Gasteiger partial charge in [-0.2, -0.15) is 0 Å². The van der Waals surface area contributed by atoms with Crippen molar-refractivity contribution >= 4 is 23.8 Å². The number of hydrogen-bond acceptors (Lipinski definition) is 9. The molecule has 0 unspecified atom stereocenters. The molecule has 2 aromatic heterocycles. The SMILES string of the molecule is Cc1cncnc1N1CCN(c2ncc(-c3cccc(CN(C)C(=O)CNC(=O)OC(C)(C)C)c3)cn2)CC1. The first-order valence-electron chi connectivity index (χ1n) is 13.0. The number of aromatic nitrogens is 4. The van der Waals surface area contributed by atoms with Crippen molar-refractivity contribution in [2.45, 2.75) is 39.8 Å². The average Bonchev–Trinajstić information content (AvgIpc) is 2.91.